The summed E-state index contributed by atoms with van der Waals surface area (Å²) in [5.74, 6) is -0.0348. The summed E-state index contributed by atoms with van der Waals surface area (Å²) in [5.41, 5.74) is 0.621. The van der Waals surface area contributed by atoms with Gasteiger partial charge in [-0.2, -0.15) is 0 Å². The molecule has 4 heteroatoms. The highest BCUT2D eigenvalue weighted by Gasteiger charge is 2.06. The van der Waals surface area contributed by atoms with Crippen molar-refractivity contribution in [2.24, 2.45) is 0 Å². The smallest absolute Gasteiger partial charge is 0.204 e. The van der Waals surface area contributed by atoms with Crippen molar-refractivity contribution in [1.82, 2.24) is 0 Å². The van der Waals surface area contributed by atoms with Gasteiger partial charge in [0.05, 0.1) is 0 Å². The number of carbonyl (C=O) groups excluding carboxylic acids is 1. The average Bonchev–Trinajstić information content (AvgIpc) is 2.18. The van der Waals surface area contributed by atoms with Gasteiger partial charge in [-0.1, -0.05) is 30.3 Å². The molecule has 0 aliphatic rings. The molecule has 0 N–H and O–H groups in total. The molecule has 0 aliphatic carbocycles. The first-order valence-corrected chi connectivity index (χ1v) is 4.40. The molecule has 0 amide bonds. The maximum absolute atomic E-state index is 11.4. The van der Waals surface area contributed by atoms with Crippen LogP contribution in [0.1, 0.15) is 23.2 Å². The van der Waals surface area contributed by atoms with Gasteiger partial charge in [0.25, 0.3) is 0 Å². The van der Waals surface area contributed by atoms with Gasteiger partial charge in [0.1, 0.15) is 0 Å². The number of nitrogens with zero attached hydrogens (tertiary/aromatic N) is 1. The number of Topliss-reactive ketones (excluding diaryl/α,β-unsaturated/α-hetero) is 1. The first-order valence-electron chi connectivity index (χ1n) is 4.40. The molecule has 0 heterocycles. The highest BCUT2D eigenvalue weighted by Crippen LogP contribution is 2.04. The Morgan fingerprint density at radius 3 is 2.50 bits per heavy atom. The number of ketones is 1. The molecule has 0 bridgehead atoms. The first kappa shape index (κ1) is 10.4. The van der Waals surface area contributed by atoms with E-state index in [1.54, 1.807) is 24.3 Å². The first-order chi connectivity index (χ1) is 6.70. The van der Waals surface area contributed by atoms with E-state index in [1.807, 2.05) is 6.07 Å². The molecule has 0 spiro atoms. The van der Waals surface area contributed by atoms with Crippen molar-refractivity contribution in [1.29, 1.82) is 0 Å². The highest BCUT2D eigenvalue weighted by molar-refractivity contribution is 5.95. The second kappa shape index (κ2) is 5.11. The summed E-state index contributed by atoms with van der Waals surface area (Å²) in [7, 11) is 0. The molecule has 0 radical (unpaired) electrons. The molecule has 0 fully saturated rings. The van der Waals surface area contributed by atoms with E-state index in [4.69, 9.17) is 0 Å². The van der Waals surface area contributed by atoms with Crippen LogP contribution in [0.3, 0.4) is 0 Å². The van der Waals surface area contributed by atoms with Gasteiger partial charge in [-0.05, 0) is 0 Å². The van der Waals surface area contributed by atoms with Crippen LogP contribution in [0, 0.1) is 10.1 Å². The minimum absolute atomic E-state index is 0.0348. The van der Waals surface area contributed by atoms with Crippen LogP contribution < -0.4 is 0 Å². The van der Waals surface area contributed by atoms with Gasteiger partial charge < -0.3 is 0 Å². The molecule has 0 aromatic heterocycles. The van der Waals surface area contributed by atoms with E-state index >= 15 is 0 Å². The number of carbonyl (C=O) groups is 1. The maximum atomic E-state index is 11.4. The van der Waals surface area contributed by atoms with Crippen molar-refractivity contribution in [2.45, 2.75) is 12.8 Å². The molecule has 1 aromatic carbocycles. The summed E-state index contributed by atoms with van der Waals surface area (Å²) < 4.78 is 0. The predicted molar refractivity (Wildman–Crippen MR) is 51.9 cm³/mol. The monoisotopic (exact) mass is 193 g/mol. The van der Waals surface area contributed by atoms with E-state index in [0.29, 0.717) is 12.0 Å². The van der Waals surface area contributed by atoms with Crippen molar-refractivity contribution >= 4 is 5.78 Å². The molecule has 14 heavy (non-hydrogen) atoms. The third kappa shape index (κ3) is 3.35. The lowest BCUT2D eigenvalue weighted by molar-refractivity contribution is -0.480. The summed E-state index contributed by atoms with van der Waals surface area (Å²) in [6.07, 6.45) is 0.547. The lowest BCUT2D eigenvalue weighted by Gasteiger charge is -1.97. The largest absolute Gasteiger partial charge is 0.294 e. The van der Waals surface area contributed by atoms with Gasteiger partial charge >= 0.3 is 0 Å². The maximum Gasteiger partial charge on any atom is 0.204 e. The Hall–Kier alpha value is -1.71. The van der Waals surface area contributed by atoms with Crippen molar-refractivity contribution in [3.63, 3.8) is 0 Å². The quantitative estimate of drug-likeness (QED) is 0.407. The molecule has 0 saturated heterocycles. The number of rotatable bonds is 5. The van der Waals surface area contributed by atoms with Crippen LogP contribution in [0.5, 0.6) is 0 Å². The van der Waals surface area contributed by atoms with Crippen molar-refractivity contribution in [3.05, 3.63) is 46.0 Å². The second-order valence-electron chi connectivity index (χ2n) is 2.95. The van der Waals surface area contributed by atoms with E-state index < -0.39 is 4.92 Å². The third-order valence-electron chi connectivity index (χ3n) is 1.84. The highest BCUT2D eigenvalue weighted by atomic mass is 16.6. The summed E-state index contributed by atoms with van der Waals surface area (Å²) in [5, 5.41) is 10.0. The fraction of sp³-hybridized carbons (Fsp3) is 0.300. The molecular weight excluding hydrogens is 182 g/mol. The van der Waals surface area contributed by atoms with Gasteiger partial charge in [0.2, 0.25) is 6.54 Å². The summed E-state index contributed by atoms with van der Waals surface area (Å²) in [4.78, 5) is 21.0. The molecule has 0 unspecified atom stereocenters. The van der Waals surface area contributed by atoms with E-state index in [0.717, 1.165) is 0 Å². The van der Waals surface area contributed by atoms with Gasteiger partial charge in [0.15, 0.2) is 5.78 Å². The second-order valence-corrected chi connectivity index (χ2v) is 2.95. The van der Waals surface area contributed by atoms with Crippen LogP contribution >= 0.6 is 0 Å². The van der Waals surface area contributed by atoms with E-state index in [-0.39, 0.29) is 18.7 Å². The predicted octanol–water partition coefficient (Wildman–Crippen LogP) is 1.93. The van der Waals surface area contributed by atoms with Gasteiger partial charge in [-0.15, -0.1) is 0 Å². The Kier molecular flexibility index (Phi) is 3.79. The number of hydrogen-bond acceptors (Lipinski definition) is 3. The van der Waals surface area contributed by atoms with Gasteiger partial charge in [-0.3, -0.25) is 14.9 Å². The van der Waals surface area contributed by atoms with E-state index in [2.05, 4.69) is 0 Å². The van der Waals surface area contributed by atoms with Crippen LogP contribution in [-0.2, 0) is 0 Å². The fourth-order valence-electron chi connectivity index (χ4n) is 1.14. The van der Waals surface area contributed by atoms with Crippen LogP contribution in [0.25, 0.3) is 0 Å². The zero-order valence-electron chi connectivity index (χ0n) is 7.68. The van der Waals surface area contributed by atoms with Gasteiger partial charge in [0, 0.05) is 23.3 Å². The normalized spacial score (nSPS) is 9.71. The minimum atomic E-state index is -0.404. The molecule has 0 saturated carbocycles. The van der Waals surface area contributed by atoms with Crippen LogP contribution in [0.15, 0.2) is 30.3 Å². The topological polar surface area (TPSA) is 60.2 Å². The standard InChI is InChI=1S/C10H11NO3/c12-10(7-4-8-11(13)14)9-5-2-1-3-6-9/h1-3,5-6H,4,7-8H2. The van der Waals surface area contributed by atoms with Crippen LogP contribution in [0.2, 0.25) is 0 Å². The van der Waals surface area contributed by atoms with Crippen LogP contribution in [0.4, 0.5) is 0 Å². The zero-order valence-corrected chi connectivity index (χ0v) is 7.68. The van der Waals surface area contributed by atoms with Crippen LogP contribution in [-0.4, -0.2) is 17.3 Å². The molecule has 0 atom stereocenters. The summed E-state index contributed by atoms with van der Waals surface area (Å²) in [6.45, 7) is -0.140. The lowest BCUT2D eigenvalue weighted by atomic mass is 10.1. The van der Waals surface area contributed by atoms with Gasteiger partial charge in [-0.25, -0.2) is 0 Å². The van der Waals surface area contributed by atoms with E-state index in [9.17, 15) is 14.9 Å². The Morgan fingerprint density at radius 1 is 1.29 bits per heavy atom. The average molecular weight is 193 g/mol. The fourth-order valence-corrected chi connectivity index (χ4v) is 1.14. The number of nitro groups is 1. The Bertz CT molecular complexity index is 321. The lowest BCUT2D eigenvalue weighted by Crippen LogP contribution is -2.05. The molecule has 1 rings (SSSR count). The summed E-state index contributed by atoms with van der Waals surface area (Å²) >= 11 is 0. The third-order valence-corrected chi connectivity index (χ3v) is 1.84. The molecule has 74 valence electrons. The van der Waals surface area contributed by atoms with Crippen molar-refractivity contribution in [3.8, 4) is 0 Å². The Morgan fingerprint density at radius 2 is 1.93 bits per heavy atom. The number of benzene rings is 1. The molecule has 4 nitrogen and oxygen atoms in total. The molecular formula is C10H11NO3. The van der Waals surface area contributed by atoms with Crippen molar-refractivity contribution < 1.29 is 9.72 Å². The van der Waals surface area contributed by atoms with Crippen molar-refractivity contribution in [2.75, 3.05) is 6.54 Å². The Labute approximate surface area is 81.7 Å². The SMILES string of the molecule is O=C(CCC[N+](=O)[O-])c1ccccc1. The zero-order chi connectivity index (χ0) is 10.4. The summed E-state index contributed by atoms with van der Waals surface area (Å²) in [6, 6.07) is 8.82. The minimum Gasteiger partial charge on any atom is -0.294 e. The number of hydrogen-bond donors (Lipinski definition) is 0. The molecule has 0 aliphatic heterocycles. The van der Waals surface area contributed by atoms with E-state index in [1.165, 1.54) is 0 Å². The Balaban J connectivity index is 2.40. The molecule has 1 aromatic rings.